The molecule has 2 aromatic rings. The van der Waals surface area contributed by atoms with Crippen LogP contribution in [0, 0.1) is 4.91 Å². The number of rotatable bonds is 11. The van der Waals surface area contributed by atoms with Gasteiger partial charge >= 0.3 is 0 Å². The quantitative estimate of drug-likeness (QED) is 0.402. The minimum atomic E-state index is -0.898. The lowest BCUT2D eigenvalue weighted by atomic mass is 9.78. The lowest BCUT2D eigenvalue weighted by Gasteiger charge is -2.26. The molecule has 0 saturated heterocycles. The van der Waals surface area contributed by atoms with Crippen LogP contribution in [0.2, 0.25) is 0 Å². The van der Waals surface area contributed by atoms with Crippen LogP contribution in [0.15, 0.2) is 53.7 Å². The van der Waals surface area contributed by atoms with E-state index in [4.69, 9.17) is 9.47 Å². The van der Waals surface area contributed by atoms with Crippen LogP contribution in [0.1, 0.15) is 25.0 Å². The Labute approximate surface area is 173 Å². The van der Waals surface area contributed by atoms with Crippen LogP contribution < -0.4 is 9.47 Å². The van der Waals surface area contributed by atoms with Crippen LogP contribution in [0.5, 0.6) is 11.5 Å². The van der Waals surface area contributed by atoms with Crippen molar-refractivity contribution >= 4 is 15.9 Å². The fourth-order valence-electron chi connectivity index (χ4n) is 2.67. The molecule has 0 bridgehead atoms. The minimum absolute atomic E-state index is 0.0275. The van der Waals surface area contributed by atoms with Gasteiger partial charge in [-0.15, -0.1) is 0 Å². The van der Waals surface area contributed by atoms with Crippen LogP contribution in [-0.2, 0) is 5.41 Å². The van der Waals surface area contributed by atoms with E-state index in [1.165, 1.54) is 0 Å². The van der Waals surface area contributed by atoms with Crippen LogP contribution >= 0.6 is 15.9 Å². The van der Waals surface area contributed by atoms with E-state index in [1.807, 2.05) is 48.5 Å². The van der Waals surface area contributed by atoms with E-state index in [0.717, 1.165) is 11.1 Å². The second-order valence-electron chi connectivity index (χ2n) is 7.07. The Morgan fingerprint density at radius 1 is 0.893 bits per heavy atom. The second-order valence-corrected chi connectivity index (χ2v) is 7.72. The Balaban J connectivity index is 2.02. The molecule has 0 amide bonds. The van der Waals surface area contributed by atoms with Gasteiger partial charge in [0.05, 0.1) is 6.10 Å². The summed E-state index contributed by atoms with van der Waals surface area (Å²) in [4.78, 5) is 10.1. The molecule has 2 unspecified atom stereocenters. The number of halogens is 1. The third-order valence-corrected chi connectivity index (χ3v) is 5.25. The van der Waals surface area contributed by atoms with Crippen molar-refractivity contribution in [2.24, 2.45) is 5.18 Å². The molecule has 0 saturated carbocycles. The van der Waals surface area contributed by atoms with E-state index in [0.29, 0.717) is 16.8 Å². The molecule has 0 aromatic heterocycles. The highest BCUT2D eigenvalue weighted by molar-refractivity contribution is 9.09. The summed E-state index contributed by atoms with van der Waals surface area (Å²) in [6, 6.07) is 15.5. The molecule has 152 valence electrons. The van der Waals surface area contributed by atoms with E-state index in [-0.39, 0.29) is 25.2 Å². The van der Waals surface area contributed by atoms with Gasteiger partial charge in [-0.1, -0.05) is 59.2 Å². The largest absolute Gasteiger partial charge is 0.491 e. The van der Waals surface area contributed by atoms with Crippen LogP contribution in [0.3, 0.4) is 0 Å². The average Bonchev–Trinajstić information content (AvgIpc) is 2.71. The summed E-state index contributed by atoms with van der Waals surface area (Å²) in [6.45, 7) is 4.35. The average molecular weight is 452 g/mol. The molecule has 0 aliphatic carbocycles. The molecule has 0 spiro atoms. The molecular weight excluding hydrogens is 426 g/mol. The van der Waals surface area contributed by atoms with Crippen molar-refractivity contribution in [3.8, 4) is 11.5 Å². The van der Waals surface area contributed by atoms with Crippen molar-refractivity contribution in [1.29, 1.82) is 0 Å². The summed E-state index contributed by atoms with van der Waals surface area (Å²) in [5.41, 5.74) is 2.01. The summed E-state index contributed by atoms with van der Waals surface area (Å²) in [6.07, 6.45) is -1.43. The van der Waals surface area contributed by atoms with Crippen molar-refractivity contribution in [2.75, 3.05) is 25.1 Å². The Kier molecular flexibility index (Phi) is 8.41. The van der Waals surface area contributed by atoms with Gasteiger partial charge in [-0.05, 0) is 35.4 Å². The van der Waals surface area contributed by atoms with E-state index >= 15 is 0 Å². The first-order chi connectivity index (χ1) is 13.4. The van der Waals surface area contributed by atoms with E-state index < -0.39 is 12.2 Å². The zero-order valence-electron chi connectivity index (χ0n) is 16.0. The molecule has 7 heteroatoms. The Bertz CT molecular complexity index is 733. The number of aliphatic hydroxyl groups excluding tert-OH is 2. The molecule has 6 nitrogen and oxygen atoms in total. The first-order valence-corrected chi connectivity index (χ1v) is 10.2. The Morgan fingerprint density at radius 3 is 1.71 bits per heavy atom. The summed E-state index contributed by atoms with van der Waals surface area (Å²) < 4.78 is 11.0. The number of ether oxygens (including phenoxy) is 2. The highest BCUT2D eigenvalue weighted by atomic mass is 79.9. The summed E-state index contributed by atoms with van der Waals surface area (Å²) in [7, 11) is 0. The summed E-state index contributed by atoms with van der Waals surface area (Å²) in [5.74, 6) is 1.34. The summed E-state index contributed by atoms with van der Waals surface area (Å²) >= 11 is 3.21. The number of hydrogen-bond acceptors (Lipinski definition) is 6. The van der Waals surface area contributed by atoms with Gasteiger partial charge in [-0.25, -0.2) is 0 Å². The van der Waals surface area contributed by atoms with Crippen LogP contribution in [0.4, 0.5) is 0 Å². The van der Waals surface area contributed by atoms with E-state index in [9.17, 15) is 15.1 Å². The predicted octanol–water partition coefficient (Wildman–Crippen LogP) is 3.65. The van der Waals surface area contributed by atoms with Crippen molar-refractivity contribution in [2.45, 2.75) is 31.5 Å². The monoisotopic (exact) mass is 451 g/mol. The minimum Gasteiger partial charge on any atom is -0.491 e. The first-order valence-electron chi connectivity index (χ1n) is 9.04. The maximum atomic E-state index is 10.1. The highest BCUT2D eigenvalue weighted by Crippen LogP contribution is 2.33. The molecule has 0 aliphatic rings. The fourth-order valence-corrected chi connectivity index (χ4v) is 2.86. The maximum Gasteiger partial charge on any atom is 0.119 e. The molecule has 2 atom stereocenters. The normalized spacial score (nSPS) is 13.6. The molecular formula is C21H26BrNO5. The van der Waals surface area contributed by atoms with E-state index in [1.54, 1.807) is 0 Å². The number of aliphatic hydroxyl groups is 2. The molecule has 28 heavy (non-hydrogen) atoms. The van der Waals surface area contributed by atoms with Gasteiger partial charge < -0.3 is 19.7 Å². The molecule has 0 heterocycles. The SMILES string of the molecule is CC(C)(c1ccc(OCC(O)CBr)cc1)c1ccc(OCC(O)CN=O)cc1. The van der Waals surface area contributed by atoms with E-state index in [2.05, 4.69) is 35.0 Å². The standard InChI is InChI=1S/C21H26BrNO5/c1-21(2,15-3-7-19(8-4-15)27-13-17(24)11-22)16-5-9-20(10-6-16)28-14-18(25)12-23-26/h3-10,17-18,24-25H,11-14H2,1-2H3. The topological polar surface area (TPSA) is 88.3 Å². The third kappa shape index (κ3) is 6.29. The first kappa shape index (κ1) is 22.3. The van der Waals surface area contributed by atoms with Gasteiger partial charge in [0, 0.05) is 10.7 Å². The number of nitroso groups, excluding NO2 is 1. The van der Waals surface area contributed by atoms with Gasteiger partial charge in [-0.2, -0.15) is 4.91 Å². The van der Waals surface area contributed by atoms with Gasteiger partial charge in [0.15, 0.2) is 0 Å². The molecule has 0 fully saturated rings. The molecule has 2 N–H and O–H groups in total. The van der Waals surface area contributed by atoms with Crippen molar-refractivity contribution in [3.05, 3.63) is 64.6 Å². The van der Waals surface area contributed by atoms with Gasteiger partial charge in [-0.3, -0.25) is 0 Å². The second kappa shape index (κ2) is 10.5. The zero-order chi connectivity index (χ0) is 20.6. The zero-order valence-corrected chi connectivity index (χ0v) is 17.6. The molecule has 2 rings (SSSR count). The Morgan fingerprint density at radius 2 is 1.32 bits per heavy atom. The van der Waals surface area contributed by atoms with Gasteiger partial charge in [0.2, 0.25) is 0 Å². The fraction of sp³-hybridized carbons (Fsp3) is 0.429. The summed E-state index contributed by atoms with van der Waals surface area (Å²) in [5, 5.41) is 22.2. The van der Waals surface area contributed by atoms with Crippen molar-refractivity contribution in [3.63, 3.8) is 0 Å². The lowest BCUT2D eigenvalue weighted by molar-refractivity contribution is 0.114. The third-order valence-electron chi connectivity index (χ3n) is 4.50. The molecule has 0 radical (unpaired) electrons. The number of nitrogens with zero attached hydrogens (tertiary/aromatic N) is 1. The maximum absolute atomic E-state index is 10.1. The molecule has 0 aliphatic heterocycles. The number of alkyl halides is 1. The highest BCUT2D eigenvalue weighted by Gasteiger charge is 2.23. The van der Waals surface area contributed by atoms with Crippen molar-refractivity contribution in [1.82, 2.24) is 0 Å². The van der Waals surface area contributed by atoms with Gasteiger partial charge in [0.25, 0.3) is 0 Å². The number of hydrogen-bond donors (Lipinski definition) is 2. The lowest BCUT2D eigenvalue weighted by Crippen LogP contribution is -2.21. The smallest absolute Gasteiger partial charge is 0.119 e. The van der Waals surface area contributed by atoms with Crippen LogP contribution in [0.25, 0.3) is 0 Å². The Hall–Kier alpha value is -1.96. The van der Waals surface area contributed by atoms with Crippen LogP contribution in [-0.4, -0.2) is 47.5 Å². The predicted molar refractivity (Wildman–Crippen MR) is 112 cm³/mol. The van der Waals surface area contributed by atoms with Gasteiger partial charge in [0.1, 0.15) is 37.4 Å². The molecule has 2 aromatic carbocycles. The number of benzene rings is 2. The van der Waals surface area contributed by atoms with Crippen molar-refractivity contribution < 1.29 is 19.7 Å².